The van der Waals surface area contributed by atoms with E-state index in [1.165, 1.54) is 10.4 Å². The van der Waals surface area contributed by atoms with Crippen LogP contribution < -0.4 is 15.4 Å². The highest BCUT2D eigenvalue weighted by atomic mass is 32.2. The van der Waals surface area contributed by atoms with Gasteiger partial charge in [-0.05, 0) is 57.4 Å². The highest BCUT2D eigenvalue weighted by Gasteiger charge is 2.30. The number of sulfonamides is 1. The molecular formula is C18H27N3O4S. The fraction of sp³-hybridized carbons (Fsp3) is 0.611. The number of benzene rings is 1. The number of amides is 1. The zero-order valence-corrected chi connectivity index (χ0v) is 16.0. The fourth-order valence-corrected chi connectivity index (χ4v) is 5.12. The Balaban J connectivity index is 1.87. The third kappa shape index (κ3) is 4.19. The maximum atomic E-state index is 13.1. The van der Waals surface area contributed by atoms with Crippen molar-refractivity contribution < 1.29 is 17.9 Å². The molecule has 26 heavy (non-hydrogen) atoms. The maximum Gasteiger partial charge on any atom is 0.246 e. The zero-order valence-electron chi connectivity index (χ0n) is 15.2. The van der Waals surface area contributed by atoms with Crippen LogP contribution in [0.5, 0.6) is 5.75 Å². The highest BCUT2D eigenvalue weighted by Crippen LogP contribution is 2.31. The summed E-state index contributed by atoms with van der Waals surface area (Å²) in [4.78, 5) is 12.4. The molecule has 0 radical (unpaired) electrons. The van der Waals surface area contributed by atoms with Crippen molar-refractivity contribution in [2.45, 2.75) is 50.0 Å². The van der Waals surface area contributed by atoms with E-state index in [0.717, 1.165) is 38.6 Å². The van der Waals surface area contributed by atoms with Gasteiger partial charge in [-0.2, -0.15) is 4.31 Å². The summed E-state index contributed by atoms with van der Waals surface area (Å²) < 4.78 is 33.3. The molecule has 1 amide bonds. The molecule has 3 rings (SSSR count). The smallest absolute Gasteiger partial charge is 0.246 e. The van der Waals surface area contributed by atoms with E-state index in [2.05, 4.69) is 10.6 Å². The van der Waals surface area contributed by atoms with Gasteiger partial charge < -0.3 is 15.4 Å². The van der Waals surface area contributed by atoms with Gasteiger partial charge in [-0.1, -0.05) is 6.42 Å². The van der Waals surface area contributed by atoms with Crippen molar-refractivity contribution >= 4 is 21.6 Å². The number of ether oxygens (including phenoxy) is 1. The number of hydrogen-bond donors (Lipinski definition) is 2. The molecule has 1 aromatic rings. The van der Waals surface area contributed by atoms with Gasteiger partial charge >= 0.3 is 0 Å². The van der Waals surface area contributed by atoms with Crippen molar-refractivity contribution in [2.75, 3.05) is 31.6 Å². The van der Waals surface area contributed by atoms with Crippen LogP contribution in [0.4, 0.5) is 5.69 Å². The third-order valence-corrected chi connectivity index (χ3v) is 6.74. The second-order valence-electron chi connectivity index (χ2n) is 6.70. The largest absolute Gasteiger partial charge is 0.492 e. The number of rotatable bonds is 6. The van der Waals surface area contributed by atoms with Crippen LogP contribution in [0.2, 0.25) is 0 Å². The number of nitrogens with zero attached hydrogens (tertiary/aromatic N) is 1. The summed E-state index contributed by atoms with van der Waals surface area (Å²) >= 11 is 0. The Morgan fingerprint density at radius 1 is 1.27 bits per heavy atom. The molecule has 1 aromatic carbocycles. The third-order valence-electron chi connectivity index (χ3n) is 4.82. The molecule has 2 aliphatic rings. The number of nitrogens with one attached hydrogen (secondary N) is 2. The molecule has 0 aromatic heterocycles. The van der Waals surface area contributed by atoms with Gasteiger partial charge in [-0.15, -0.1) is 0 Å². The van der Waals surface area contributed by atoms with Crippen LogP contribution >= 0.6 is 0 Å². The molecule has 0 saturated carbocycles. The minimum Gasteiger partial charge on any atom is -0.492 e. The minimum absolute atomic E-state index is 0.124. The Hall–Kier alpha value is -1.64. The average molecular weight is 381 g/mol. The van der Waals surface area contributed by atoms with Crippen molar-refractivity contribution in [1.82, 2.24) is 9.62 Å². The number of hydrogen-bond acceptors (Lipinski definition) is 5. The topological polar surface area (TPSA) is 87.7 Å². The van der Waals surface area contributed by atoms with Crippen LogP contribution in [0.25, 0.3) is 0 Å². The first-order chi connectivity index (χ1) is 12.5. The maximum absolute atomic E-state index is 13.1. The number of anilines is 1. The monoisotopic (exact) mass is 381 g/mol. The quantitative estimate of drug-likeness (QED) is 0.786. The van der Waals surface area contributed by atoms with E-state index < -0.39 is 10.0 Å². The normalized spacial score (nSPS) is 21.5. The van der Waals surface area contributed by atoms with Gasteiger partial charge in [0.1, 0.15) is 10.6 Å². The van der Waals surface area contributed by atoms with Crippen LogP contribution in [-0.4, -0.2) is 50.9 Å². The molecule has 2 fully saturated rings. The zero-order chi connectivity index (χ0) is 18.6. The second kappa shape index (κ2) is 8.37. The molecule has 2 saturated heterocycles. The van der Waals surface area contributed by atoms with Crippen molar-refractivity contribution in [2.24, 2.45) is 0 Å². The van der Waals surface area contributed by atoms with Crippen LogP contribution in [0.15, 0.2) is 23.1 Å². The summed E-state index contributed by atoms with van der Waals surface area (Å²) in [6.45, 7) is 4.07. The van der Waals surface area contributed by atoms with E-state index in [9.17, 15) is 13.2 Å². The molecule has 0 aliphatic carbocycles. The van der Waals surface area contributed by atoms with Gasteiger partial charge in [-0.3, -0.25) is 4.79 Å². The Morgan fingerprint density at radius 3 is 2.69 bits per heavy atom. The van der Waals surface area contributed by atoms with E-state index >= 15 is 0 Å². The Morgan fingerprint density at radius 2 is 2.04 bits per heavy atom. The molecule has 2 N–H and O–H groups in total. The molecule has 1 unspecified atom stereocenters. The fourth-order valence-electron chi connectivity index (χ4n) is 3.44. The first-order valence-electron chi connectivity index (χ1n) is 9.33. The molecule has 1 atom stereocenters. The Kier molecular flexibility index (Phi) is 6.16. The SMILES string of the molecule is CCOc1ccc(NC(=O)C2CCCN2)cc1S(=O)(=O)N1CCCCC1. The minimum atomic E-state index is -3.65. The van der Waals surface area contributed by atoms with E-state index in [-0.39, 0.29) is 16.8 Å². The van der Waals surface area contributed by atoms with Crippen LogP contribution in [0, 0.1) is 0 Å². The summed E-state index contributed by atoms with van der Waals surface area (Å²) in [5.74, 6) is 0.197. The molecule has 2 aliphatic heterocycles. The predicted molar refractivity (Wildman–Crippen MR) is 99.9 cm³/mol. The van der Waals surface area contributed by atoms with E-state index in [0.29, 0.717) is 31.1 Å². The first kappa shape index (κ1) is 19.1. The number of carbonyl (C=O) groups excluding carboxylic acids is 1. The van der Waals surface area contributed by atoms with Crippen molar-refractivity contribution in [3.63, 3.8) is 0 Å². The lowest BCUT2D eigenvalue weighted by atomic mass is 10.2. The van der Waals surface area contributed by atoms with Gasteiger partial charge in [0, 0.05) is 18.8 Å². The highest BCUT2D eigenvalue weighted by molar-refractivity contribution is 7.89. The van der Waals surface area contributed by atoms with Crippen molar-refractivity contribution in [3.05, 3.63) is 18.2 Å². The lowest BCUT2D eigenvalue weighted by Crippen LogP contribution is -2.36. The first-order valence-corrected chi connectivity index (χ1v) is 10.8. The predicted octanol–water partition coefficient (Wildman–Crippen LogP) is 1.95. The number of piperidine rings is 1. The summed E-state index contributed by atoms with van der Waals surface area (Å²) in [6.07, 6.45) is 4.55. The summed E-state index contributed by atoms with van der Waals surface area (Å²) in [5, 5.41) is 5.97. The van der Waals surface area contributed by atoms with Gasteiger partial charge in [0.2, 0.25) is 15.9 Å². The van der Waals surface area contributed by atoms with E-state index in [1.54, 1.807) is 12.1 Å². The molecular weight excluding hydrogens is 354 g/mol. The van der Waals surface area contributed by atoms with Gasteiger partial charge in [0.15, 0.2) is 0 Å². The summed E-state index contributed by atoms with van der Waals surface area (Å²) in [5.41, 5.74) is 0.475. The molecule has 144 valence electrons. The second-order valence-corrected chi connectivity index (χ2v) is 8.60. The lowest BCUT2D eigenvalue weighted by molar-refractivity contribution is -0.117. The molecule has 8 heteroatoms. The van der Waals surface area contributed by atoms with E-state index in [1.807, 2.05) is 6.92 Å². The summed E-state index contributed by atoms with van der Waals surface area (Å²) in [6, 6.07) is 4.61. The van der Waals surface area contributed by atoms with Crippen molar-refractivity contribution in [3.8, 4) is 5.75 Å². The average Bonchev–Trinajstić information content (AvgIpc) is 3.19. The lowest BCUT2D eigenvalue weighted by Gasteiger charge is -2.27. The van der Waals surface area contributed by atoms with Gasteiger partial charge in [-0.25, -0.2) is 8.42 Å². The van der Waals surface area contributed by atoms with Crippen LogP contribution in [-0.2, 0) is 14.8 Å². The van der Waals surface area contributed by atoms with Crippen LogP contribution in [0.1, 0.15) is 39.0 Å². The molecule has 2 heterocycles. The number of carbonyl (C=O) groups is 1. The molecule has 0 spiro atoms. The van der Waals surface area contributed by atoms with Gasteiger partial charge in [0.05, 0.1) is 12.6 Å². The van der Waals surface area contributed by atoms with E-state index in [4.69, 9.17) is 4.74 Å². The van der Waals surface area contributed by atoms with Gasteiger partial charge in [0.25, 0.3) is 0 Å². The Bertz CT molecular complexity index is 739. The molecule has 0 bridgehead atoms. The van der Waals surface area contributed by atoms with Crippen LogP contribution in [0.3, 0.4) is 0 Å². The standard InChI is InChI=1S/C18H27N3O4S/c1-2-25-16-9-8-14(20-18(22)15-7-6-10-19-15)13-17(16)26(23,24)21-11-4-3-5-12-21/h8-9,13,15,19H,2-7,10-12H2,1H3,(H,20,22). The summed E-state index contributed by atoms with van der Waals surface area (Å²) in [7, 11) is -3.65. The Labute approximate surface area is 155 Å². The van der Waals surface area contributed by atoms with Crippen molar-refractivity contribution in [1.29, 1.82) is 0 Å². The molecule has 7 nitrogen and oxygen atoms in total.